The predicted molar refractivity (Wildman–Crippen MR) is 81.5 cm³/mol. The molecule has 1 rings (SSSR count). The van der Waals surface area contributed by atoms with Crippen molar-refractivity contribution in [2.24, 2.45) is 11.8 Å². The lowest BCUT2D eigenvalue weighted by Gasteiger charge is -2.28. The number of hydrogen-bond acceptors (Lipinski definition) is 1. The summed E-state index contributed by atoms with van der Waals surface area (Å²) in [5.74, 6) is 1.17. The maximum atomic E-state index is 6.12. The fourth-order valence-electron chi connectivity index (χ4n) is 2.00. The van der Waals surface area contributed by atoms with Crippen LogP contribution in [0.5, 0.6) is 0 Å². The number of benzene rings is 1. The normalized spacial score (nSPS) is 14.8. The Morgan fingerprint density at radius 1 is 1.11 bits per heavy atom. The van der Waals surface area contributed by atoms with E-state index in [0.717, 1.165) is 13.0 Å². The molecule has 0 aliphatic carbocycles. The van der Waals surface area contributed by atoms with Gasteiger partial charge in [0.25, 0.3) is 0 Å². The first-order valence-electron chi connectivity index (χ1n) is 6.65. The molecule has 0 aliphatic rings. The summed E-state index contributed by atoms with van der Waals surface area (Å²) < 4.78 is 0. The van der Waals surface area contributed by atoms with Crippen LogP contribution in [-0.4, -0.2) is 6.54 Å². The van der Waals surface area contributed by atoms with Gasteiger partial charge in [0.05, 0.1) is 10.0 Å². The Balaban J connectivity index is 2.97. The van der Waals surface area contributed by atoms with E-state index in [1.807, 2.05) is 12.1 Å². The van der Waals surface area contributed by atoms with Crippen LogP contribution in [0.1, 0.15) is 45.7 Å². The van der Waals surface area contributed by atoms with Crippen LogP contribution in [0, 0.1) is 11.8 Å². The number of hydrogen-bond donors (Lipinski definition) is 1. The molecule has 102 valence electrons. The summed E-state index contributed by atoms with van der Waals surface area (Å²) in [5, 5.41) is 4.86. The summed E-state index contributed by atoms with van der Waals surface area (Å²) in [6.45, 7) is 9.98. The summed E-state index contributed by atoms with van der Waals surface area (Å²) in [6.07, 6.45) is 1.13. The van der Waals surface area contributed by atoms with Crippen molar-refractivity contribution in [3.8, 4) is 0 Å². The van der Waals surface area contributed by atoms with Gasteiger partial charge in [0.1, 0.15) is 0 Å². The third-order valence-electron chi connectivity index (χ3n) is 3.49. The zero-order chi connectivity index (χ0) is 13.7. The molecule has 3 heteroatoms. The monoisotopic (exact) mass is 287 g/mol. The maximum absolute atomic E-state index is 6.12. The molecule has 0 amide bonds. The minimum absolute atomic E-state index is 0.333. The van der Waals surface area contributed by atoms with Crippen molar-refractivity contribution in [2.75, 3.05) is 6.54 Å². The quantitative estimate of drug-likeness (QED) is 0.746. The molecule has 2 unspecified atom stereocenters. The van der Waals surface area contributed by atoms with Gasteiger partial charge in [-0.2, -0.15) is 0 Å². The molecule has 0 heterocycles. The Kier molecular flexibility index (Phi) is 6.48. The SMILES string of the molecule is CCCNC(c1ccc(Cl)c(Cl)c1)C(C)C(C)C. The van der Waals surface area contributed by atoms with E-state index in [-0.39, 0.29) is 0 Å². The van der Waals surface area contributed by atoms with Gasteiger partial charge in [-0.1, -0.05) is 57.0 Å². The molecule has 1 nitrogen and oxygen atoms in total. The highest BCUT2D eigenvalue weighted by molar-refractivity contribution is 6.42. The Bertz CT molecular complexity index is 377. The van der Waals surface area contributed by atoms with Crippen LogP contribution in [-0.2, 0) is 0 Å². The standard InChI is InChI=1S/C15H23Cl2N/c1-5-8-18-15(11(4)10(2)3)12-6-7-13(16)14(17)9-12/h6-7,9-11,15,18H,5,8H2,1-4H3. The van der Waals surface area contributed by atoms with Gasteiger partial charge in [-0.3, -0.25) is 0 Å². The van der Waals surface area contributed by atoms with Gasteiger partial charge >= 0.3 is 0 Å². The van der Waals surface area contributed by atoms with E-state index in [0.29, 0.717) is 27.9 Å². The molecule has 0 saturated heterocycles. The number of nitrogens with one attached hydrogen (secondary N) is 1. The van der Waals surface area contributed by atoms with E-state index < -0.39 is 0 Å². The summed E-state index contributed by atoms with van der Waals surface area (Å²) in [4.78, 5) is 0. The topological polar surface area (TPSA) is 12.0 Å². The highest BCUT2D eigenvalue weighted by Gasteiger charge is 2.21. The molecule has 1 N–H and O–H groups in total. The molecular weight excluding hydrogens is 265 g/mol. The van der Waals surface area contributed by atoms with Crippen molar-refractivity contribution in [3.05, 3.63) is 33.8 Å². The molecule has 0 fully saturated rings. The van der Waals surface area contributed by atoms with Crippen LogP contribution in [0.15, 0.2) is 18.2 Å². The zero-order valence-electron chi connectivity index (χ0n) is 11.6. The third kappa shape index (κ3) is 4.15. The highest BCUT2D eigenvalue weighted by Crippen LogP contribution is 2.31. The van der Waals surface area contributed by atoms with Gasteiger partial charge in [-0.15, -0.1) is 0 Å². The first-order valence-corrected chi connectivity index (χ1v) is 7.41. The van der Waals surface area contributed by atoms with Gasteiger partial charge in [0, 0.05) is 6.04 Å². The fourth-order valence-corrected chi connectivity index (χ4v) is 2.30. The summed E-state index contributed by atoms with van der Waals surface area (Å²) in [7, 11) is 0. The fraction of sp³-hybridized carbons (Fsp3) is 0.600. The molecule has 18 heavy (non-hydrogen) atoms. The second kappa shape index (κ2) is 7.37. The van der Waals surface area contributed by atoms with Gasteiger partial charge < -0.3 is 5.32 Å². The van der Waals surface area contributed by atoms with Crippen molar-refractivity contribution in [1.82, 2.24) is 5.32 Å². The number of halogens is 2. The molecule has 1 aromatic rings. The first-order chi connectivity index (χ1) is 8.47. The second-order valence-corrected chi connectivity index (χ2v) is 6.02. The molecule has 0 saturated carbocycles. The Labute approximate surface area is 121 Å². The van der Waals surface area contributed by atoms with Crippen LogP contribution >= 0.6 is 23.2 Å². The molecular formula is C15H23Cl2N. The van der Waals surface area contributed by atoms with Crippen molar-refractivity contribution in [3.63, 3.8) is 0 Å². The van der Waals surface area contributed by atoms with Gasteiger partial charge in [0.15, 0.2) is 0 Å². The lowest BCUT2D eigenvalue weighted by Crippen LogP contribution is -2.30. The van der Waals surface area contributed by atoms with Crippen molar-refractivity contribution in [2.45, 2.75) is 40.2 Å². The van der Waals surface area contributed by atoms with E-state index in [1.165, 1.54) is 5.56 Å². The van der Waals surface area contributed by atoms with E-state index in [1.54, 1.807) is 0 Å². The average Bonchev–Trinajstić information content (AvgIpc) is 2.33. The lowest BCUT2D eigenvalue weighted by molar-refractivity contribution is 0.304. The zero-order valence-corrected chi connectivity index (χ0v) is 13.1. The molecule has 0 spiro atoms. The third-order valence-corrected chi connectivity index (χ3v) is 4.23. The number of rotatable bonds is 6. The van der Waals surface area contributed by atoms with Crippen molar-refractivity contribution in [1.29, 1.82) is 0 Å². The average molecular weight is 288 g/mol. The van der Waals surface area contributed by atoms with Crippen LogP contribution in [0.2, 0.25) is 10.0 Å². The molecule has 0 radical (unpaired) electrons. The Hall–Kier alpha value is -0.240. The van der Waals surface area contributed by atoms with Crippen molar-refractivity contribution >= 4 is 23.2 Å². The smallest absolute Gasteiger partial charge is 0.0595 e. The minimum Gasteiger partial charge on any atom is -0.310 e. The van der Waals surface area contributed by atoms with E-state index in [4.69, 9.17) is 23.2 Å². The van der Waals surface area contributed by atoms with Crippen LogP contribution in [0.4, 0.5) is 0 Å². The van der Waals surface area contributed by atoms with Crippen LogP contribution < -0.4 is 5.32 Å². The van der Waals surface area contributed by atoms with E-state index >= 15 is 0 Å². The molecule has 0 aromatic heterocycles. The van der Waals surface area contributed by atoms with E-state index in [2.05, 4.69) is 39.1 Å². The molecule has 0 bridgehead atoms. The minimum atomic E-state index is 0.333. The Morgan fingerprint density at radius 3 is 2.28 bits per heavy atom. The Morgan fingerprint density at radius 2 is 1.78 bits per heavy atom. The lowest BCUT2D eigenvalue weighted by atomic mass is 9.86. The highest BCUT2D eigenvalue weighted by atomic mass is 35.5. The first kappa shape index (κ1) is 15.8. The summed E-state index contributed by atoms with van der Waals surface area (Å²) in [6, 6.07) is 6.27. The van der Waals surface area contributed by atoms with Crippen molar-refractivity contribution < 1.29 is 0 Å². The van der Waals surface area contributed by atoms with Crippen LogP contribution in [0.25, 0.3) is 0 Å². The molecule has 2 atom stereocenters. The molecule has 1 aromatic carbocycles. The summed E-state index contributed by atoms with van der Waals surface area (Å²) >= 11 is 12.1. The van der Waals surface area contributed by atoms with Crippen LogP contribution in [0.3, 0.4) is 0 Å². The van der Waals surface area contributed by atoms with E-state index in [9.17, 15) is 0 Å². The van der Waals surface area contributed by atoms with Gasteiger partial charge in [-0.05, 0) is 42.5 Å². The largest absolute Gasteiger partial charge is 0.310 e. The molecule has 0 aliphatic heterocycles. The predicted octanol–water partition coefficient (Wildman–Crippen LogP) is 5.33. The van der Waals surface area contributed by atoms with Gasteiger partial charge in [0.2, 0.25) is 0 Å². The maximum Gasteiger partial charge on any atom is 0.0595 e. The summed E-state index contributed by atoms with van der Waals surface area (Å²) in [5.41, 5.74) is 1.22. The second-order valence-electron chi connectivity index (χ2n) is 5.21. The van der Waals surface area contributed by atoms with Gasteiger partial charge in [-0.25, -0.2) is 0 Å².